The highest BCUT2D eigenvalue weighted by molar-refractivity contribution is 6.32. The van der Waals surface area contributed by atoms with Crippen molar-refractivity contribution in [2.45, 2.75) is 0 Å². The average molecular weight is 182 g/mol. The van der Waals surface area contributed by atoms with Crippen LogP contribution in [0.5, 0.6) is 0 Å². The Labute approximate surface area is 78.1 Å². The summed E-state index contributed by atoms with van der Waals surface area (Å²) in [4.78, 5) is 0. The Hall–Kier alpha value is -0.790. The van der Waals surface area contributed by atoms with E-state index in [0.717, 1.165) is 17.1 Å². The molecule has 0 fully saturated rings. The number of hydrogen-bond donors (Lipinski definition) is 1. The molecule has 0 atom stereocenters. The lowest BCUT2D eigenvalue weighted by Crippen LogP contribution is -2.03. The minimum Gasteiger partial charge on any atom is -0.316 e. The van der Waals surface area contributed by atoms with Crippen molar-refractivity contribution in [1.29, 1.82) is 0 Å². The summed E-state index contributed by atoms with van der Waals surface area (Å²) in [6, 6.07) is 7.79. The number of hydrogen-bond acceptors (Lipinski definition) is 1. The van der Waals surface area contributed by atoms with Crippen LogP contribution in [0, 0.1) is 0 Å². The normalized spacial score (nSPS) is 10.8. The van der Waals surface area contributed by atoms with E-state index in [-0.39, 0.29) is 0 Å². The van der Waals surface area contributed by atoms with E-state index in [4.69, 9.17) is 11.6 Å². The molecule has 1 nitrogen and oxygen atoms in total. The van der Waals surface area contributed by atoms with Crippen molar-refractivity contribution < 1.29 is 0 Å². The van der Waals surface area contributed by atoms with Gasteiger partial charge in [0.25, 0.3) is 0 Å². The monoisotopic (exact) mass is 181 g/mol. The molecule has 0 saturated heterocycles. The van der Waals surface area contributed by atoms with Gasteiger partial charge in [-0.15, -0.1) is 0 Å². The van der Waals surface area contributed by atoms with Crippen LogP contribution >= 0.6 is 11.6 Å². The minimum atomic E-state index is 0.796. The van der Waals surface area contributed by atoms with E-state index < -0.39 is 0 Å². The van der Waals surface area contributed by atoms with Gasteiger partial charge in [0.2, 0.25) is 0 Å². The molecule has 0 saturated carbocycles. The van der Waals surface area contributed by atoms with Crippen LogP contribution in [-0.4, -0.2) is 13.6 Å². The molecule has 0 heterocycles. The van der Waals surface area contributed by atoms with E-state index in [2.05, 4.69) is 5.32 Å². The van der Waals surface area contributed by atoms with Crippen molar-refractivity contribution in [2.75, 3.05) is 13.6 Å². The Bertz CT molecular complexity index is 268. The molecule has 0 bridgehead atoms. The fourth-order valence-corrected chi connectivity index (χ4v) is 1.11. The standard InChI is InChI=1S/C10H12ClN/c1-12-8-4-6-9-5-2-3-7-10(9)11/h2-7,12H,8H2,1H3/b6-4+. The molecule has 12 heavy (non-hydrogen) atoms. The molecule has 64 valence electrons. The van der Waals surface area contributed by atoms with Crippen LogP contribution in [0.2, 0.25) is 5.02 Å². The predicted molar refractivity (Wildman–Crippen MR) is 54.4 cm³/mol. The van der Waals surface area contributed by atoms with Crippen molar-refractivity contribution in [3.8, 4) is 0 Å². The predicted octanol–water partition coefficient (Wildman–Crippen LogP) is 2.57. The molecule has 1 aromatic carbocycles. The minimum absolute atomic E-state index is 0.796. The summed E-state index contributed by atoms with van der Waals surface area (Å²) >= 11 is 5.93. The zero-order valence-corrected chi connectivity index (χ0v) is 7.81. The smallest absolute Gasteiger partial charge is 0.0478 e. The van der Waals surface area contributed by atoms with Gasteiger partial charge < -0.3 is 5.32 Å². The fraction of sp³-hybridized carbons (Fsp3) is 0.200. The molecule has 1 rings (SSSR count). The zero-order valence-electron chi connectivity index (χ0n) is 7.05. The summed E-state index contributed by atoms with van der Waals surface area (Å²) < 4.78 is 0. The third kappa shape index (κ3) is 2.68. The molecule has 0 aliphatic carbocycles. The van der Waals surface area contributed by atoms with Gasteiger partial charge in [-0.1, -0.05) is 42.0 Å². The highest BCUT2D eigenvalue weighted by Gasteiger charge is 1.91. The van der Waals surface area contributed by atoms with Gasteiger partial charge in [-0.3, -0.25) is 0 Å². The van der Waals surface area contributed by atoms with Gasteiger partial charge in [0.1, 0.15) is 0 Å². The molecule has 0 radical (unpaired) electrons. The van der Waals surface area contributed by atoms with Crippen molar-refractivity contribution in [3.05, 3.63) is 40.9 Å². The Morgan fingerprint density at radius 3 is 2.83 bits per heavy atom. The first-order valence-electron chi connectivity index (χ1n) is 3.90. The summed E-state index contributed by atoms with van der Waals surface area (Å²) in [5, 5.41) is 3.82. The van der Waals surface area contributed by atoms with Gasteiger partial charge in [0.05, 0.1) is 0 Å². The van der Waals surface area contributed by atoms with E-state index in [1.807, 2.05) is 43.5 Å². The van der Waals surface area contributed by atoms with E-state index in [0.29, 0.717) is 0 Å². The lowest BCUT2D eigenvalue weighted by molar-refractivity contribution is 0.922. The van der Waals surface area contributed by atoms with E-state index in [1.165, 1.54) is 0 Å². The van der Waals surface area contributed by atoms with E-state index >= 15 is 0 Å². The van der Waals surface area contributed by atoms with Gasteiger partial charge in [-0.2, -0.15) is 0 Å². The molecule has 2 heteroatoms. The largest absolute Gasteiger partial charge is 0.316 e. The summed E-state index contributed by atoms with van der Waals surface area (Å²) in [5.41, 5.74) is 1.06. The van der Waals surface area contributed by atoms with Crippen LogP contribution < -0.4 is 5.32 Å². The van der Waals surface area contributed by atoms with Crippen LogP contribution in [-0.2, 0) is 0 Å². The first kappa shape index (κ1) is 9.30. The maximum Gasteiger partial charge on any atom is 0.0478 e. The molecule has 0 amide bonds. The van der Waals surface area contributed by atoms with Crippen LogP contribution in [0.1, 0.15) is 5.56 Å². The third-order valence-corrected chi connectivity index (χ3v) is 1.87. The number of likely N-dealkylation sites (N-methyl/N-ethyl adjacent to an activating group) is 1. The summed E-state index contributed by atoms with van der Waals surface area (Å²) in [6.07, 6.45) is 4.06. The summed E-state index contributed by atoms with van der Waals surface area (Å²) in [5.74, 6) is 0. The quantitative estimate of drug-likeness (QED) is 0.756. The summed E-state index contributed by atoms with van der Waals surface area (Å²) in [6.45, 7) is 0.866. The second-order valence-electron chi connectivity index (χ2n) is 2.48. The number of halogens is 1. The Balaban J connectivity index is 2.68. The van der Waals surface area contributed by atoms with Crippen LogP contribution in [0.4, 0.5) is 0 Å². The lowest BCUT2D eigenvalue weighted by Gasteiger charge is -1.95. The van der Waals surface area contributed by atoms with Gasteiger partial charge in [-0.25, -0.2) is 0 Å². The Morgan fingerprint density at radius 1 is 1.42 bits per heavy atom. The molecule has 0 aliphatic heterocycles. The molecule has 0 aromatic heterocycles. The number of benzene rings is 1. The molecule has 0 aliphatic rings. The van der Waals surface area contributed by atoms with Crippen molar-refractivity contribution >= 4 is 17.7 Å². The molecule has 1 N–H and O–H groups in total. The first-order valence-corrected chi connectivity index (χ1v) is 4.28. The second kappa shape index (κ2) is 4.96. The number of nitrogens with one attached hydrogen (secondary N) is 1. The van der Waals surface area contributed by atoms with Gasteiger partial charge in [0.15, 0.2) is 0 Å². The van der Waals surface area contributed by atoms with E-state index in [9.17, 15) is 0 Å². The molecular weight excluding hydrogens is 170 g/mol. The van der Waals surface area contributed by atoms with Crippen LogP contribution in [0.15, 0.2) is 30.3 Å². The molecular formula is C10H12ClN. The summed E-state index contributed by atoms with van der Waals surface area (Å²) in [7, 11) is 1.91. The topological polar surface area (TPSA) is 12.0 Å². The van der Waals surface area contributed by atoms with Crippen molar-refractivity contribution in [2.24, 2.45) is 0 Å². The lowest BCUT2D eigenvalue weighted by atomic mass is 10.2. The second-order valence-corrected chi connectivity index (χ2v) is 2.89. The average Bonchev–Trinajstić information content (AvgIpc) is 2.09. The van der Waals surface area contributed by atoms with Crippen molar-refractivity contribution in [3.63, 3.8) is 0 Å². The van der Waals surface area contributed by atoms with Gasteiger partial charge in [-0.05, 0) is 18.7 Å². The zero-order chi connectivity index (χ0) is 8.81. The highest BCUT2D eigenvalue weighted by atomic mass is 35.5. The first-order chi connectivity index (χ1) is 5.84. The molecule has 0 unspecified atom stereocenters. The van der Waals surface area contributed by atoms with Gasteiger partial charge >= 0.3 is 0 Å². The maximum absolute atomic E-state index is 5.93. The Kier molecular flexibility index (Phi) is 3.85. The maximum atomic E-state index is 5.93. The van der Waals surface area contributed by atoms with Crippen LogP contribution in [0.25, 0.3) is 6.08 Å². The third-order valence-electron chi connectivity index (χ3n) is 1.52. The van der Waals surface area contributed by atoms with Crippen LogP contribution in [0.3, 0.4) is 0 Å². The SMILES string of the molecule is CNC/C=C/c1ccccc1Cl. The Morgan fingerprint density at radius 2 is 2.17 bits per heavy atom. The van der Waals surface area contributed by atoms with Crippen molar-refractivity contribution in [1.82, 2.24) is 5.32 Å². The number of rotatable bonds is 3. The van der Waals surface area contributed by atoms with Gasteiger partial charge in [0, 0.05) is 11.6 Å². The molecule has 0 spiro atoms. The molecule has 1 aromatic rings. The fourth-order valence-electron chi connectivity index (χ4n) is 0.914. The highest BCUT2D eigenvalue weighted by Crippen LogP contribution is 2.15. The van der Waals surface area contributed by atoms with E-state index in [1.54, 1.807) is 0 Å².